The molecule has 0 heterocycles. The summed E-state index contributed by atoms with van der Waals surface area (Å²) in [4.78, 5) is 4.60. The minimum atomic E-state index is -0.843. The van der Waals surface area contributed by atoms with Crippen molar-refractivity contribution in [3.05, 3.63) is 246 Å². The fraction of sp³-hybridized carbons (Fsp3) is 0.0370. The Morgan fingerprint density at radius 2 is 0.914 bits per heavy atom. The number of anilines is 5. The molecule has 0 saturated carbocycles. The van der Waals surface area contributed by atoms with Crippen LogP contribution in [0.4, 0.5) is 28.4 Å². The standard InChI is InChI=1S/C54H36N4/c1-2-37-13-12-20-43(24-21-37)58(42-18-10-5-11-19-42)45-26-30-49-48-29-25-44(57(40-14-6-3-7-15-40)41-16-8-4-9-17-41)33-52(48)54(53(49)34-45)50-31-38(35-55)22-27-46(50)47-28-23-39(36-56)32-51(47)54/h2-34,37H,1H2. The topological polar surface area (TPSA) is 54.1 Å². The van der Waals surface area contributed by atoms with E-state index in [0.717, 1.165) is 78.6 Å². The van der Waals surface area contributed by atoms with Crippen molar-refractivity contribution in [2.75, 3.05) is 9.80 Å². The molecule has 0 bridgehead atoms. The average Bonchev–Trinajstić information content (AvgIpc) is 3.60. The van der Waals surface area contributed by atoms with Gasteiger partial charge in [0.2, 0.25) is 0 Å². The molecule has 7 aromatic rings. The third kappa shape index (κ3) is 5.35. The molecule has 1 atom stereocenters. The van der Waals surface area contributed by atoms with Crippen LogP contribution < -0.4 is 9.80 Å². The summed E-state index contributed by atoms with van der Waals surface area (Å²) in [6.45, 7) is 4.04. The molecule has 4 heteroatoms. The molecule has 0 amide bonds. The molecule has 58 heavy (non-hydrogen) atoms. The molecule has 3 aliphatic carbocycles. The maximum Gasteiger partial charge on any atom is 0.0991 e. The number of para-hydroxylation sites is 3. The zero-order valence-corrected chi connectivity index (χ0v) is 31.6. The van der Waals surface area contributed by atoms with Crippen LogP contribution in [0.1, 0.15) is 33.4 Å². The van der Waals surface area contributed by atoms with Gasteiger partial charge in [0.15, 0.2) is 0 Å². The quantitative estimate of drug-likeness (QED) is 0.153. The number of hydrogen-bond donors (Lipinski definition) is 0. The maximum absolute atomic E-state index is 10.4. The van der Waals surface area contributed by atoms with Gasteiger partial charge in [0.25, 0.3) is 0 Å². The van der Waals surface area contributed by atoms with Crippen LogP contribution >= 0.6 is 0 Å². The number of rotatable bonds is 7. The van der Waals surface area contributed by atoms with Gasteiger partial charge in [0, 0.05) is 40.1 Å². The van der Waals surface area contributed by atoms with Crippen LogP contribution in [0.3, 0.4) is 0 Å². The van der Waals surface area contributed by atoms with Crippen molar-refractivity contribution < 1.29 is 0 Å². The lowest BCUT2D eigenvalue weighted by molar-refractivity contribution is 0.792. The summed E-state index contributed by atoms with van der Waals surface area (Å²) < 4.78 is 0. The lowest BCUT2D eigenvalue weighted by atomic mass is 9.70. The van der Waals surface area contributed by atoms with E-state index in [1.165, 1.54) is 0 Å². The predicted molar refractivity (Wildman–Crippen MR) is 235 cm³/mol. The van der Waals surface area contributed by atoms with Gasteiger partial charge >= 0.3 is 0 Å². The van der Waals surface area contributed by atoms with Gasteiger partial charge in [0.1, 0.15) is 0 Å². The first-order valence-electron chi connectivity index (χ1n) is 19.5. The molecule has 4 nitrogen and oxygen atoms in total. The van der Waals surface area contributed by atoms with Crippen LogP contribution in [-0.2, 0) is 5.41 Å². The Balaban J connectivity index is 1.28. The summed E-state index contributed by atoms with van der Waals surface area (Å²) >= 11 is 0. The van der Waals surface area contributed by atoms with Crippen molar-refractivity contribution in [3.63, 3.8) is 0 Å². The number of nitrogens with zero attached hydrogens (tertiary/aromatic N) is 4. The van der Waals surface area contributed by atoms with E-state index in [1.807, 2.05) is 36.4 Å². The van der Waals surface area contributed by atoms with Gasteiger partial charge in [-0.1, -0.05) is 103 Å². The van der Waals surface area contributed by atoms with Crippen molar-refractivity contribution in [2.45, 2.75) is 5.41 Å². The largest absolute Gasteiger partial charge is 0.311 e. The molecule has 7 aromatic carbocycles. The normalized spacial score (nSPS) is 14.9. The second-order valence-electron chi connectivity index (χ2n) is 14.8. The van der Waals surface area contributed by atoms with Gasteiger partial charge in [-0.25, -0.2) is 0 Å². The zero-order valence-electron chi connectivity index (χ0n) is 31.6. The summed E-state index contributed by atoms with van der Waals surface area (Å²) in [5.74, 6) is 0.125. The molecule has 1 unspecified atom stereocenters. The molecule has 0 N–H and O–H groups in total. The highest BCUT2D eigenvalue weighted by atomic mass is 15.2. The van der Waals surface area contributed by atoms with Crippen molar-refractivity contribution >= 4 is 28.4 Å². The first-order chi connectivity index (χ1) is 28.6. The Labute approximate surface area is 339 Å². The molecule has 3 aliphatic rings. The molecule has 0 radical (unpaired) electrons. The lowest BCUT2D eigenvalue weighted by Gasteiger charge is -2.33. The fourth-order valence-corrected chi connectivity index (χ4v) is 9.16. The second kappa shape index (κ2) is 14.0. The molecular formula is C54H36N4. The van der Waals surface area contributed by atoms with E-state index in [9.17, 15) is 10.5 Å². The smallest absolute Gasteiger partial charge is 0.0991 e. The van der Waals surface area contributed by atoms with Gasteiger partial charge in [-0.15, -0.1) is 6.58 Å². The maximum atomic E-state index is 10.4. The Morgan fingerprint density at radius 3 is 1.38 bits per heavy atom. The van der Waals surface area contributed by atoms with Crippen molar-refractivity contribution in [1.29, 1.82) is 10.5 Å². The lowest BCUT2D eigenvalue weighted by Crippen LogP contribution is -2.27. The zero-order chi connectivity index (χ0) is 39.2. The Bertz CT molecular complexity index is 2840. The van der Waals surface area contributed by atoms with E-state index in [2.05, 4.69) is 192 Å². The minimum absolute atomic E-state index is 0.125. The molecule has 0 aromatic heterocycles. The molecule has 0 saturated heterocycles. The monoisotopic (exact) mass is 740 g/mol. The van der Waals surface area contributed by atoms with Gasteiger partial charge < -0.3 is 9.80 Å². The second-order valence-corrected chi connectivity index (χ2v) is 14.8. The molecule has 272 valence electrons. The molecular weight excluding hydrogens is 705 g/mol. The first kappa shape index (κ1) is 34.6. The van der Waals surface area contributed by atoms with Crippen molar-refractivity contribution in [2.24, 2.45) is 5.92 Å². The summed E-state index contributed by atoms with van der Waals surface area (Å²) in [5, 5.41) is 20.7. The molecule has 0 aliphatic heterocycles. The number of allylic oxidation sites excluding steroid dienone is 6. The summed E-state index contributed by atoms with van der Waals surface area (Å²) in [5.41, 5.74) is 15.1. The van der Waals surface area contributed by atoms with Gasteiger partial charge in [-0.05, 0) is 142 Å². The number of hydrogen-bond acceptors (Lipinski definition) is 4. The Morgan fingerprint density at radius 1 is 0.483 bits per heavy atom. The van der Waals surface area contributed by atoms with E-state index < -0.39 is 5.41 Å². The summed E-state index contributed by atoms with van der Waals surface area (Å²) in [6.07, 6.45) is 12.7. The van der Waals surface area contributed by atoms with Crippen molar-refractivity contribution in [3.8, 4) is 34.4 Å². The van der Waals surface area contributed by atoms with E-state index in [-0.39, 0.29) is 5.92 Å². The summed E-state index contributed by atoms with van der Waals surface area (Å²) in [6, 6.07) is 61.9. The number of fused-ring (bicyclic) bond motifs is 10. The van der Waals surface area contributed by atoms with Crippen LogP contribution in [-0.4, -0.2) is 0 Å². The average molecular weight is 741 g/mol. The Kier molecular flexibility index (Phi) is 8.33. The summed E-state index contributed by atoms with van der Waals surface area (Å²) in [7, 11) is 0. The van der Waals surface area contributed by atoms with Crippen molar-refractivity contribution in [1.82, 2.24) is 0 Å². The van der Waals surface area contributed by atoms with Crippen LogP contribution in [0, 0.1) is 28.6 Å². The van der Waals surface area contributed by atoms with E-state index >= 15 is 0 Å². The van der Waals surface area contributed by atoms with Crippen LogP contribution in [0.25, 0.3) is 22.3 Å². The van der Waals surface area contributed by atoms with Crippen LogP contribution in [0.2, 0.25) is 0 Å². The SMILES string of the molecule is C=CC1C=CC=C(N(c2ccccc2)c2ccc3c(c2)C2(c4cc(C#N)ccc4-c4ccc(C#N)cc42)c2cc(N(c4ccccc4)c4ccccc4)ccc2-3)C=C1. The van der Waals surface area contributed by atoms with E-state index in [1.54, 1.807) is 0 Å². The van der Waals surface area contributed by atoms with Gasteiger partial charge in [0.05, 0.1) is 28.7 Å². The van der Waals surface area contributed by atoms with E-state index in [0.29, 0.717) is 11.1 Å². The highest BCUT2D eigenvalue weighted by molar-refractivity contribution is 5.98. The third-order valence-electron chi connectivity index (χ3n) is 11.7. The highest BCUT2D eigenvalue weighted by Gasteiger charge is 2.52. The number of nitriles is 2. The van der Waals surface area contributed by atoms with Crippen LogP contribution in [0.15, 0.2) is 213 Å². The fourth-order valence-electron chi connectivity index (χ4n) is 9.16. The molecule has 10 rings (SSSR count). The van der Waals surface area contributed by atoms with Gasteiger partial charge in [-0.3, -0.25) is 0 Å². The highest BCUT2D eigenvalue weighted by Crippen LogP contribution is 2.64. The number of benzene rings is 7. The molecule has 1 spiro atoms. The predicted octanol–water partition coefficient (Wildman–Crippen LogP) is 13.2. The molecule has 0 fully saturated rings. The Hall–Kier alpha value is -7.92. The minimum Gasteiger partial charge on any atom is -0.311 e. The van der Waals surface area contributed by atoms with E-state index in [4.69, 9.17) is 0 Å². The first-order valence-corrected chi connectivity index (χ1v) is 19.5. The van der Waals surface area contributed by atoms with Gasteiger partial charge in [-0.2, -0.15) is 10.5 Å². The third-order valence-corrected chi connectivity index (χ3v) is 11.7. The van der Waals surface area contributed by atoms with Crippen LogP contribution in [0.5, 0.6) is 0 Å².